The molecule has 2 aromatic carbocycles. The Morgan fingerprint density at radius 2 is 1.97 bits per heavy atom. The number of amides is 1. The summed E-state index contributed by atoms with van der Waals surface area (Å²) in [7, 11) is 0. The van der Waals surface area contributed by atoms with Crippen molar-refractivity contribution in [2.24, 2.45) is 0 Å². The van der Waals surface area contributed by atoms with Crippen molar-refractivity contribution in [1.82, 2.24) is 19.7 Å². The Balaban J connectivity index is 1.35. The van der Waals surface area contributed by atoms with Gasteiger partial charge in [-0.1, -0.05) is 36.8 Å². The second-order valence-electron chi connectivity index (χ2n) is 7.84. The quantitative estimate of drug-likeness (QED) is 0.461. The lowest BCUT2D eigenvalue weighted by molar-refractivity contribution is 0.102. The molecule has 6 nitrogen and oxygen atoms in total. The monoisotopic (exact) mass is 447 g/mol. The largest absolute Gasteiger partial charge is 0.318 e. The molecule has 0 bridgehead atoms. The van der Waals surface area contributed by atoms with E-state index in [1.807, 2.05) is 30.3 Å². The maximum Gasteiger partial charge on any atom is 0.275 e. The SMILES string of the molecule is O=C(Nc1cc(-c2nnc3n2CCCCC3)ccc1F)c1csc(Cc2ccccc2)n1. The number of hydrogen-bond acceptors (Lipinski definition) is 5. The first kappa shape index (κ1) is 20.5. The fourth-order valence-corrected chi connectivity index (χ4v) is 4.72. The summed E-state index contributed by atoms with van der Waals surface area (Å²) < 4.78 is 16.6. The molecular weight excluding hydrogens is 425 g/mol. The van der Waals surface area contributed by atoms with Gasteiger partial charge in [0.05, 0.1) is 10.7 Å². The molecule has 0 radical (unpaired) electrons. The molecule has 32 heavy (non-hydrogen) atoms. The molecule has 3 heterocycles. The molecular formula is C24H22FN5OS. The van der Waals surface area contributed by atoms with Crippen molar-refractivity contribution in [3.63, 3.8) is 0 Å². The Kier molecular flexibility index (Phi) is 5.77. The van der Waals surface area contributed by atoms with E-state index in [-0.39, 0.29) is 11.4 Å². The highest BCUT2D eigenvalue weighted by molar-refractivity contribution is 7.09. The first-order valence-electron chi connectivity index (χ1n) is 10.7. The molecule has 1 aliphatic rings. The number of aryl methyl sites for hydroxylation is 1. The van der Waals surface area contributed by atoms with Crippen LogP contribution in [0, 0.1) is 5.82 Å². The number of benzene rings is 2. The van der Waals surface area contributed by atoms with Gasteiger partial charge in [-0.3, -0.25) is 4.79 Å². The minimum absolute atomic E-state index is 0.107. The van der Waals surface area contributed by atoms with Crippen LogP contribution in [0.5, 0.6) is 0 Å². The van der Waals surface area contributed by atoms with E-state index in [2.05, 4.69) is 25.1 Å². The molecule has 1 amide bonds. The van der Waals surface area contributed by atoms with Crippen molar-refractivity contribution in [3.8, 4) is 11.4 Å². The Bertz CT molecular complexity index is 1250. The van der Waals surface area contributed by atoms with Crippen molar-refractivity contribution in [2.45, 2.75) is 38.6 Å². The van der Waals surface area contributed by atoms with Crippen LogP contribution in [0.25, 0.3) is 11.4 Å². The summed E-state index contributed by atoms with van der Waals surface area (Å²) in [4.78, 5) is 17.2. The number of carbonyl (C=O) groups excluding carboxylic acids is 1. The van der Waals surface area contributed by atoms with Crippen molar-refractivity contribution < 1.29 is 9.18 Å². The molecule has 0 saturated heterocycles. The van der Waals surface area contributed by atoms with Crippen LogP contribution in [0.2, 0.25) is 0 Å². The van der Waals surface area contributed by atoms with Crippen LogP contribution in [0.1, 0.15) is 46.1 Å². The van der Waals surface area contributed by atoms with Gasteiger partial charge in [0, 0.05) is 30.3 Å². The predicted octanol–water partition coefficient (Wildman–Crippen LogP) is 5.11. The Morgan fingerprint density at radius 1 is 1.09 bits per heavy atom. The Labute approximate surface area is 189 Å². The molecule has 0 atom stereocenters. The molecule has 4 aromatic rings. The fourth-order valence-electron chi connectivity index (χ4n) is 3.91. The van der Waals surface area contributed by atoms with Crippen molar-refractivity contribution in [2.75, 3.05) is 5.32 Å². The van der Waals surface area contributed by atoms with Crippen LogP contribution in [0.3, 0.4) is 0 Å². The minimum Gasteiger partial charge on any atom is -0.318 e. The summed E-state index contributed by atoms with van der Waals surface area (Å²) in [5.74, 6) is 0.728. The van der Waals surface area contributed by atoms with Gasteiger partial charge >= 0.3 is 0 Å². The molecule has 5 rings (SSSR count). The third kappa shape index (κ3) is 4.31. The van der Waals surface area contributed by atoms with Crippen LogP contribution in [0.4, 0.5) is 10.1 Å². The lowest BCUT2D eigenvalue weighted by Crippen LogP contribution is -2.14. The molecule has 0 spiro atoms. The summed E-state index contributed by atoms with van der Waals surface area (Å²) in [6.07, 6.45) is 4.88. The average molecular weight is 448 g/mol. The lowest BCUT2D eigenvalue weighted by Gasteiger charge is -2.10. The lowest BCUT2D eigenvalue weighted by atomic mass is 10.1. The summed E-state index contributed by atoms with van der Waals surface area (Å²) >= 11 is 1.42. The molecule has 1 N–H and O–H groups in total. The molecule has 0 saturated carbocycles. The number of hydrogen-bond donors (Lipinski definition) is 1. The van der Waals surface area contributed by atoms with E-state index in [9.17, 15) is 9.18 Å². The molecule has 0 fully saturated rings. The topological polar surface area (TPSA) is 72.7 Å². The molecule has 1 aliphatic heterocycles. The third-order valence-electron chi connectivity index (χ3n) is 5.56. The van der Waals surface area contributed by atoms with Crippen LogP contribution in [0.15, 0.2) is 53.9 Å². The number of thiazole rings is 1. The van der Waals surface area contributed by atoms with Gasteiger partial charge in [0.2, 0.25) is 0 Å². The van der Waals surface area contributed by atoms with Crippen molar-refractivity contribution in [1.29, 1.82) is 0 Å². The third-order valence-corrected chi connectivity index (χ3v) is 6.41. The number of carbonyl (C=O) groups is 1. The van der Waals surface area contributed by atoms with Gasteiger partial charge in [0.15, 0.2) is 5.82 Å². The van der Waals surface area contributed by atoms with E-state index in [0.717, 1.165) is 54.2 Å². The number of anilines is 1. The van der Waals surface area contributed by atoms with Gasteiger partial charge in [0.1, 0.15) is 17.3 Å². The highest BCUT2D eigenvalue weighted by atomic mass is 32.1. The predicted molar refractivity (Wildman–Crippen MR) is 122 cm³/mol. The second kappa shape index (κ2) is 9.00. The zero-order valence-corrected chi connectivity index (χ0v) is 18.2. The van der Waals surface area contributed by atoms with Crippen LogP contribution in [-0.4, -0.2) is 25.7 Å². The fraction of sp³-hybridized carbons (Fsp3) is 0.250. The Morgan fingerprint density at radius 3 is 2.84 bits per heavy atom. The number of rotatable bonds is 5. The summed E-state index contributed by atoms with van der Waals surface area (Å²) in [5, 5.41) is 13.9. The van der Waals surface area contributed by atoms with E-state index in [0.29, 0.717) is 12.2 Å². The Hall–Kier alpha value is -3.39. The van der Waals surface area contributed by atoms with E-state index < -0.39 is 11.7 Å². The maximum atomic E-state index is 14.5. The van der Waals surface area contributed by atoms with Gasteiger partial charge < -0.3 is 9.88 Å². The zero-order chi connectivity index (χ0) is 21.9. The maximum absolute atomic E-state index is 14.5. The van der Waals surface area contributed by atoms with Crippen molar-refractivity contribution >= 4 is 22.9 Å². The molecule has 2 aromatic heterocycles. The van der Waals surface area contributed by atoms with Gasteiger partial charge in [-0.15, -0.1) is 21.5 Å². The average Bonchev–Trinajstić information content (AvgIpc) is 3.37. The first-order valence-corrected chi connectivity index (χ1v) is 11.6. The number of fused-ring (bicyclic) bond motifs is 1. The number of halogens is 1. The van der Waals surface area contributed by atoms with Gasteiger partial charge in [0.25, 0.3) is 5.91 Å². The molecule has 162 valence electrons. The number of nitrogens with zero attached hydrogens (tertiary/aromatic N) is 4. The molecule has 0 unspecified atom stereocenters. The van der Waals surface area contributed by atoms with Gasteiger partial charge in [-0.05, 0) is 36.6 Å². The smallest absolute Gasteiger partial charge is 0.275 e. The minimum atomic E-state index is -0.502. The molecule has 0 aliphatic carbocycles. The van der Waals surface area contributed by atoms with Crippen LogP contribution < -0.4 is 5.32 Å². The van der Waals surface area contributed by atoms with E-state index in [1.165, 1.54) is 17.4 Å². The number of nitrogens with one attached hydrogen (secondary N) is 1. The van der Waals surface area contributed by atoms with E-state index in [4.69, 9.17) is 0 Å². The highest BCUT2D eigenvalue weighted by Gasteiger charge is 2.19. The molecule has 8 heteroatoms. The van der Waals surface area contributed by atoms with Crippen molar-refractivity contribution in [3.05, 3.63) is 81.8 Å². The zero-order valence-electron chi connectivity index (χ0n) is 17.4. The van der Waals surface area contributed by atoms with Crippen LogP contribution >= 0.6 is 11.3 Å². The first-order chi connectivity index (χ1) is 15.7. The summed E-state index contributed by atoms with van der Waals surface area (Å²) in [6.45, 7) is 0.847. The highest BCUT2D eigenvalue weighted by Crippen LogP contribution is 2.27. The normalized spacial score (nSPS) is 13.4. The second-order valence-corrected chi connectivity index (χ2v) is 8.78. The van der Waals surface area contributed by atoms with Gasteiger partial charge in [-0.2, -0.15) is 0 Å². The van der Waals surface area contributed by atoms with E-state index in [1.54, 1.807) is 17.5 Å². The summed E-state index contributed by atoms with van der Waals surface area (Å²) in [5.41, 5.74) is 2.24. The van der Waals surface area contributed by atoms with Gasteiger partial charge in [-0.25, -0.2) is 9.37 Å². The van der Waals surface area contributed by atoms with E-state index >= 15 is 0 Å². The number of aromatic nitrogens is 4. The van der Waals surface area contributed by atoms with Crippen LogP contribution in [-0.2, 0) is 19.4 Å². The summed E-state index contributed by atoms with van der Waals surface area (Å²) in [6, 6.07) is 14.6. The standard InChI is InChI=1S/C24H22FN5OS/c25-18-11-10-17(23-29-28-21-9-5-2-6-12-30(21)23)14-19(18)27-24(31)20-15-32-22(26-20)13-16-7-3-1-4-8-16/h1,3-4,7-8,10-11,14-15H,2,5-6,9,12-13H2,(H,27,31).